The third-order valence-corrected chi connectivity index (χ3v) is 2.84. The van der Waals surface area contributed by atoms with Gasteiger partial charge in [-0.3, -0.25) is 4.79 Å². The van der Waals surface area contributed by atoms with E-state index >= 15 is 0 Å². The molecule has 19 heavy (non-hydrogen) atoms. The summed E-state index contributed by atoms with van der Waals surface area (Å²) in [4.78, 5) is 22.2. The molecule has 0 spiro atoms. The van der Waals surface area contributed by atoms with E-state index in [1.807, 2.05) is 38.1 Å². The number of aliphatic carboxylic acids is 1. The number of rotatable bonds is 6. The molecule has 0 aliphatic heterocycles. The number of carbonyl (C=O) groups is 2. The van der Waals surface area contributed by atoms with Crippen LogP contribution >= 0.6 is 0 Å². The van der Waals surface area contributed by atoms with Gasteiger partial charge < -0.3 is 15.2 Å². The van der Waals surface area contributed by atoms with Crippen LogP contribution in [0.4, 0.5) is 0 Å². The first-order valence-corrected chi connectivity index (χ1v) is 6.11. The second kappa shape index (κ2) is 6.89. The molecule has 5 nitrogen and oxygen atoms in total. The van der Waals surface area contributed by atoms with Gasteiger partial charge in [0.2, 0.25) is 5.91 Å². The highest BCUT2D eigenvalue weighted by atomic mass is 16.5. The summed E-state index contributed by atoms with van der Waals surface area (Å²) in [7, 11) is 0. The van der Waals surface area contributed by atoms with Gasteiger partial charge in [0.15, 0.2) is 6.10 Å². The van der Waals surface area contributed by atoms with Crippen LogP contribution in [0.25, 0.3) is 0 Å². The number of hydrogen-bond acceptors (Lipinski definition) is 3. The van der Waals surface area contributed by atoms with Crippen molar-refractivity contribution >= 4 is 11.9 Å². The highest BCUT2D eigenvalue weighted by Gasteiger charge is 2.15. The molecule has 0 saturated carbocycles. The minimum atomic E-state index is -1.08. The standard InChI is InChI=1S/C14H19NO4/c1-9-6-4-5-7-12(9)10(2)15-13(16)8-19-11(3)14(17)18/h4-7,10-11H,8H2,1-3H3,(H,15,16)(H,17,18). The zero-order valence-corrected chi connectivity index (χ0v) is 11.3. The van der Waals surface area contributed by atoms with Crippen molar-refractivity contribution in [1.29, 1.82) is 0 Å². The lowest BCUT2D eigenvalue weighted by molar-refractivity contribution is -0.150. The highest BCUT2D eigenvalue weighted by Crippen LogP contribution is 2.16. The lowest BCUT2D eigenvalue weighted by Crippen LogP contribution is -2.33. The number of carboxylic acids is 1. The van der Waals surface area contributed by atoms with Gasteiger partial charge >= 0.3 is 5.97 Å². The van der Waals surface area contributed by atoms with Crippen molar-refractivity contribution in [2.75, 3.05) is 6.61 Å². The Morgan fingerprint density at radius 3 is 2.53 bits per heavy atom. The summed E-state index contributed by atoms with van der Waals surface area (Å²) in [6.45, 7) is 4.98. The Balaban J connectivity index is 2.49. The predicted molar refractivity (Wildman–Crippen MR) is 70.8 cm³/mol. The fraction of sp³-hybridized carbons (Fsp3) is 0.429. The molecule has 1 rings (SSSR count). The van der Waals surface area contributed by atoms with Gasteiger partial charge in [0.1, 0.15) is 6.61 Å². The fourth-order valence-electron chi connectivity index (χ4n) is 1.71. The molecule has 0 bridgehead atoms. The van der Waals surface area contributed by atoms with Crippen molar-refractivity contribution < 1.29 is 19.4 Å². The first-order chi connectivity index (χ1) is 8.91. The summed E-state index contributed by atoms with van der Waals surface area (Å²) in [5.41, 5.74) is 2.12. The summed E-state index contributed by atoms with van der Waals surface area (Å²) in [5, 5.41) is 11.4. The molecule has 2 N–H and O–H groups in total. The molecule has 5 heteroatoms. The Labute approximate surface area is 112 Å². The topological polar surface area (TPSA) is 75.6 Å². The molecule has 0 fully saturated rings. The number of carbonyl (C=O) groups excluding carboxylic acids is 1. The molecular weight excluding hydrogens is 246 g/mol. The number of aryl methyl sites for hydroxylation is 1. The highest BCUT2D eigenvalue weighted by molar-refractivity contribution is 5.78. The van der Waals surface area contributed by atoms with Crippen molar-refractivity contribution in [2.24, 2.45) is 0 Å². The van der Waals surface area contributed by atoms with Gasteiger partial charge in [-0.05, 0) is 31.9 Å². The van der Waals surface area contributed by atoms with E-state index in [4.69, 9.17) is 9.84 Å². The van der Waals surface area contributed by atoms with E-state index in [-0.39, 0.29) is 18.6 Å². The van der Waals surface area contributed by atoms with Crippen molar-refractivity contribution in [1.82, 2.24) is 5.32 Å². The molecule has 1 amide bonds. The number of benzene rings is 1. The lowest BCUT2D eigenvalue weighted by atomic mass is 10.0. The smallest absolute Gasteiger partial charge is 0.332 e. The average molecular weight is 265 g/mol. The molecule has 1 aromatic carbocycles. The van der Waals surface area contributed by atoms with Gasteiger partial charge in [-0.25, -0.2) is 4.79 Å². The zero-order valence-electron chi connectivity index (χ0n) is 11.3. The maximum atomic E-state index is 11.6. The number of amides is 1. The maximum absolute atomic E-state index is 11.6. The van der Waals surface area contributed by atoms with Crippen molar-refractivity contribution in [3.63, 3.8) is 0 Å². The monoisotopic (exact) mass is 265 g/mol. The molecule has 0 saturated heterocycles. The molecule has 1 aromatic rings. The van der Waals surface area contributed by atoms with E-state index in [0.717, 1.165) is 11.1 Å². The lowest BCUT2D eigenvalue weighted by Gasteiger charge is -2.17. The number of hydrogen-bond donors (Lipinski definition) is 2. The molecule has 2 atom stereocenters. The maximum Gasteiger partial charge on any atom is 0.332 e. The van der Waals surface area contributed by atoms with Crippen molar-refractivity contribution in [3.05, 3.63) is 35.4 Å². The van der Waals surface area contributed by atoms with E-state index < -0.39 is 12.1 Å². The van der Waals surface area contributed by atoms with Gasteiger partial charge in [-0.2, -0.15) is 0 Å². The molecule has 104 valence electrons. The Morgan fingerprint density at radius 1 is 1.32 bits per heavy atom. The van der Waals surface area contributed by atoms with Crippen LogP contribution in [0.3, 0.4) is 0 Å². The van der Waals surface area contributed by atoms with Crippen LogP contribution in [0.1, 0.15) is 31.0 Å². The Kier molecular flexibility index (Phi) is 5.51. The first-order valence-electron chi connectivity index (χ1n) is 6.11. The van der Waals surface area contributed by atoms with Gasteiger partial charge in [-0.15, -0.1) is 0 Å². The molecule has 2 unspecified atom stereocenters. The van der Waals surface area contributed by atoms with Gasteiger partial charge in [0.25, 0.3) is 0 Å². The van der Waals surface area contributed by atoms with Crippen LogP contribution < -0.4 is 5.32 Å². The van der Waals surface area contributed by atoms with Crippen LogP contribution in [-0.4, -0.2) is 29.7 Å². The number of carboxylic acid groups (broad SMARTS) is 1. The Morgan fingerprint density at radius 2 is 1.95 bits per heavy atom. The Bertz CT molecular complexity index is 459. The van der Waals surface area contributed by atoms with E-state index in [1.165, 1.54) is 6.92 Å². The molecule has 0 aromatic heterocycles. The molecule has 0 aliphatic rings. The summed E-state index contributed by atoms with van der Waals surface area (Å²) in [6.07, 6.45) is -0.987. The fourth-order valence-corrected chi connectivity index (χ4v) is 1.71. The normalized spacial score (nSPS) is 13.6. The number of ether oxygens (including phenoxy) is 1. The minimum absolute atomic E-state index is 0.141. The van der Waals surface area contributed by atoms with E-state index in [9.17, 15) is 9.59 Å². The van der Waals surface area contributed by atoms with Gasteiger partial charge in [0.05, 0.1) is 6.04 Å². The third kappa shape index (κ3) is 4.71. The summed E-state index contributed by atoms with van der Waals surface area (Å²) in [5.74, 6) is -1.41. The van der Waals surface area contributed by atoms with Crippen molar-refractivity contribution in [2.45, 2.75) is 32.9 Å². The first kappa shape index (κ1) is 15.2. The quantitative estimate of drug-likeness (QED) is 0.820. The van der Waals surface area contributed by atoms with E-state index in [1.54, 1.807) is 0 Å². The average Bonchev–Trinajstić information content (AvgIpc) is 2.36. The molecule has 0 radical (unpaired) electrons. The Hall–Kier alpha value is -1.88. The van der Waals surface area contributed by atoms with Crippen LogP contribution in [-0.2, 0) is 14.3 Å². The predicted octanol–water partition coefficient (Wildman–Crippen LogP) is 1.66. The molecular formula is C14H19NO4. The van der Waals surface area contributed by atoms with E-state index in [2.05, 4.69) is 5.32 Å². The van der Waals surface area contributed by atoms with Crippen molar-refractivity contribution in [3.8, 4) is 0 Å². The number of nitrogens with one attached hydrogen (secondary N) is 1. The third-order valence-electron chi connectivity index (χ3n) is 2.84. The SMILES string of the molecule is Cc1ccccc1C(C)NC(=O)COC(C)C(=O)O. The summed E-state index contributed by atoms with van der Waals surface area (Å²) < 4.78 is 4.92. The van der Waals surface area contributed by atoms with Crippen LogP contribution in [0.2, 0.25) is 0 Å². The summed E-state index contributed by atoms with van der Waals surface area (Å²) in [6, 6.07) is 7.62. The van der Waals surface area contributed by atoms with Crippen LogP contribution in [0.5, 0.6) is 0 Å². The second-order valence-corrected chi connectivity index (χ2v) is 4.44. The minimum Gasteiger partial charge on any atom is -0.479 e. The molecule has 0 heterocycles. The largest absolute Gasteiger partial charge is 0.479 e. The van der Waals surface area contributed by atoms with Crippen LogP contribution in [0, 0.1) is 6.92 Å². The van der Waals surface area contributed by atoms with Gasteiger partial charge in [0, 0.05) is 0 Å². The summed E-state index contributed by atoms with van der Waals surface area (Å²) >= 11 is 0. The van der Waals surface area contributed by atoms with Crippen LogP contribution in [0.15, 0.2) is 24.3 Å². The second-order valence-electron chi connectivity index (χ2n) is 4.44. The van der Waals surface area contributed by atoms with E-state index in [0.29, 0.717) is 0 Å². The van der Waals surface area contributed by atoms with Gasteiger partial charge in [-0.1, -0.05) is 24.3 Å². The zero-order chi connectivity index (χ0) is 14.4. The molecule has 0 aliphatic carbocycles.